The largest absolute Gasteiger partial charge is 0.393 e. The van der Waals surface area contributed by atoms with Gasteiger partial charge in [0.05, 0.1) is 6.61 Å². The molecule has 0 aromatic heterocycles. The quantitative estimate of drug-likeness (QED) is 0.343. The van der Waals surface area contributed by atoms with Crippen LogP contribution in [0.15, 0.2) is 0 Å². The molecule has 0 aliphatic rings. The lowest BCUT2D eigenvalue weighted by Gasteiger charge is -2.33. The molecule has 0 amide bonds. The molecule has 0 fully saturated rings. The van der Waals surface area contributed by atoms with Gasteiger partial charge in [-0.05, 0) is 13.8 Å². The highest BCUT2D eigenvalue weighted by molar-refractivity contribution is 4.87. The lowest BCUT2D eigenvalue weighted by atomic mass is 9.96. The van der Waals surface area contributed by atoms with Crippen molar-refractivity contribution in [3.05, 3.63) is 0 Å². The Kier molecular flexibility index (Phi) is 2.19. The van der Waals surface area contributed by atoms with E-state index in [1.807, 2.05) is 0 Å². The number of hydrogen-bond donors (Lipinski definition) is 4. The van der Waals surface area contributed by atoms with E-state index in [1.54, 1.807) is 0 Å². The molecular formula is C5H13NO3. The van der Waals surface area contributed by atoms with Crippen molar-refractivity contribution >= 4 is 0 Å². The third-order valence-corrected chi connectivity index (χ3v) is 1.40. The average Bonchev–Trinajstić information content (AvgIpc) is 1.64. The van der Waals surface area contributed by atoms with Crippen molar-refractivity contribution < 1.29 is 15.3 Å². The Balaban J connectivity index is 4.14. The Hall–Kier alpha value is -0.160. The summed E-state index contributed by atoms with van der Waals surface area (Å²) in [7, 11) is 0. The summed E-state index contributed by atoms with van der Waals surface area (Å²) in [5, 5.41) is 26.4. The molecule has 0 aromatic rings. The third-order valence-electron chi connectivity index (χ3n) is 1.40. The molecule has 56 valence electrons. The Labute approximate surface area is 53.9 Å². The first kappa shape index (κ1) is 8.84. The van der Waals surface area contributed by atoms with Crippen molar-refractivity contribution in [2.75, 3.05) is 6.61 Å². The van der Waals surface area contributed by atoms with Crippen LogP contribution in [0.5, 0.6) is 0 Å². The summed E-state index contributed by atoms with van der Waals surface area (Å²) >= 11 is 0. The lowest BCUT2D eigenvalue weighted by Crippen LogP contribution is -2.58. The maximum absolute atomic E-state index is 9.03. The minimum absolute atomic E-state index is 0.559. The molecule has 2 atom stereocenters. The van der Waals surface area contributed by atoms with Gasteiger partial charge in [0.2, 0.25) is 0 Å². The predicted molar refractivity (Wildman–Crippen MR) is 32.5 cm³/mol. The molecule has 0 radical (unpaired) electrons. The van der Waals surface area contributed by atoms with E-state index in [0.717, 1.165) is 0 Å². The summed E-state index contributed by atoms with van der Waals surface area (Å²) in [6, 6.07) is 0. The smallest absolute Gasteiger partial charge is 0.141 e. The van der Waals surface area contributed by atoms with Crippen molar-refractivity contribution in [2.24, 2.45) is 5.73 Å². The van der Waals surface area contributed by atoms with E-state index in [9.17, 15) is 0 Å². The van der Waals surface area contributed by atoms with E-state index in [-0.39, 0.29) is 0 Å². The molecule has 0 spiro atoms. The first-order chi connectivity index (χ1) is 3.81. The van der Waals surface area contributed by atoms with Crippen molar-refractivity contribution in [2.45, 2.75) is 25.2 Å². The van der Waals surface area contributed by atoms with Gasteiger partial charge < -0.3 is 21.1 Å². The topological polar surface area (TPSA) is 86.7 Å². The van der Waals surface area contributed by atoms with Crippen LogP contribution in [-0.2, 0) is 0 Å². The predicted octanol–water partition coefficient (Wildman–Crippen LogP) is -1.60. The Bertz CT molecular complexity index is 94.9. The highest BCUT2D eigenvalue weighted by Gasteiger charge is 2.37. The molecular weight excluding hydrogens is 122 g/mol. The van der Waals surface area contributed by atoms with Crippen LogP contribution in [-0.4, -0.2) is 33.3 Å². The van der Waals surface area contributed by atoms with E-state index in [0.29, 0.717) is 0 Å². The van der Waals surface area contributed by atoms with Crippen LogP contribution in [0.4, 0.5) is 0 Å². The zero-order valence-corrected chi connectivity index (χ0v) is 5.63. The van der Waals surface area contributed by atoms with E-state index in [4.69, 9.17) is 21.1 Å². The van der Waals surface area contributed by atoms with Gasteiger partial charge >= 0.3 is 0 Å². The molecule has 0 bridgehead atoms. The summed E-state index contributed by atoms with van der Waals surface area (Å²) in [5.41, 5.74) is 1.69. The van der Waals surface area contributed by atoms with Gasteiger partial charge in [-0.25, -0.2) is 0 Å². The van der Waals surface area contributed by atoms with Crippen LogP contribution in [0, 0.1) is 0 Å². The van der Waals surface area contributed by atoms with Crippen molar-refractivity contribution in [1.82, 2.24) is 0 Å². The van der Waals surface area contributed by atoms with E-state index >= 15 is 0 Å². The van der Waals surface area contributed by atoms with Gasteiger partial charge in [-0.15, -0.1) is 0 Å². The Morgan fingerprint density at radius 1 is 1.33 bits per heavy atom. The lowest BCUT2D eigenvalue weighted by molar-refractivity contribution is -0.148. The van der Waals surface area contributed by atoms with Gasteiger partial charge in [-0.3, -0.25) is 0 Å². The van der Waals surface area contributed by atoms with E-state index in [1.165, 1.54) is 13.8 Å². The Morgan fingerprint density at radius 3 is 1.67 bits per heavy atom. The molecule has 9 heavy (non-hydrogen) atoms. The van der Waals surface area contributed by atoms with Crippen LogP contribution in [0.2, 0.25) is 0 Å². The molecule has 4 nitrogen and oxygen atoms in total. The minimum atomic E-state index is -1.75. The van der Waals surface area contributed by atoms with Crippen LogP contribution in [0.1, 0.15) is 13.8 Å². The summed E-state index contributed by atoms with van der Waals surface area (Å²) in [6.45, 7) is 1.92. The fraction of sp³-hybridized carbons (Fsp3) is 1.00. The standard InChI is InChI=1S/C5H13NO3/c1-4(8,3-7)5(2,6)9/h7-9H,3,6H2,1-2H3. The number of hydrogen-bond acceptors (Lipinski definition) is 4. The fourth-order valence-corrected chi connectivity index (χ4v) is 0.160. The molecule has 0 aromatic carbocycles. The van der Waals surface area contributed by atoms with Crippen LogP contribution in [0.3, 0.4) is 0 Å². The molecule has 0 saturated carbocycles. The van der Waals surface area contributed by atoms with Gasteiger partial charge in [0.1, 0.15) is 11.3 Å². The maximum Gasteiger partial charge on any atom is 0.141 e. The maximum atomic E-state index is 9.03. The average molecular weight is 135 g/mol. The molecule has 0 aliphatic carbocycles. The second-order valence-electron chi connectivity index (χ2n) is 2.58. The van der Waals surface area contributed by atoms with Crippen molar-refractivity contribution in [3.8, 4) is 0 Å². The molecule has 5 N–H and O–H groups in total. The highest BCUT2D eigenvalue weighted by atomic mass is 16.4. The van der Waals surface area contributed by atoms with Crippen LogP contribution >= 0.6 is 0 Å². The molecule has 4 heteroatoms. The van der Waals surface area contributed by atoms with Gasteiger partial charge in [0.25, 0.3) is 0 Å². The SMILES string of the molecule is CC(N)(O)C(C)(O)CO. The zero-order chi connectivity index (χ0) is 7.71. The second kappa shape index (κ2) is 2.22. The van der Waals surface area contributed by atoms with Gasteiger partial charge in [0.15, 0.2) is 0 Å². The van der Waals surface area contributed by atoms with Crippen molar-refractivity contribution in [3.63, 3.8) is 0 Å². The number of nitrogens with two attached hydrogens (primary N) is 1. The number of aliphatic hydroxyl groups is 3. The first-order valence-corrected chi connectivity index (χ1v) is 2.66. The number of rotatable bonds is 2. The van der Waals surface area contributed by atoms with E-state index in [2.05, 4.69) is 0 Å². The molecule has 0 heterocycles. The first-order valence-electron chi connectivity index (χ1n) is 2.66. The van der Waals surface area contributed by atoms with E-state index < -0.39 is 17.9 Å². The molecule has 2 unspecified atom stereocenters. The molecule has 0 rings (SSSR count). The fourth-order valence-electron chi connectivity index (χ4n) is 0.160. The van der Waals surface area contributed by atoms with Gasteiger partial charge in [-0.2, -0.15) is 0 Å². The third kappa shape index (κ3) is 1.91. The summed E-state index contributed by atoms with van der Waals surface area (Å²) in [5.74, 6) is 0. The van der Waals surface area contributed by atoms with Crippen LogP contribution < -0.4 is 5.73 Å². The highest BCUT2D eigenvalue weighted by Crippen LogP contribution is 2.14. The van der Waals surface area contributed by atoms with Gasteiger partial charge in [0, 0.05) is 0 Å². The second-order valence-corrected chi connectivity index (χ2v) is 2.58. The monoisotopic (exact) mass is 135 g/mol. The summed E-state index contributed by atoms with van der Waals surface area (Å²) in [6.07, 6.45) is 0. The van der Waals surface area contributed by atoms with Crippen molar-refractivity contribution in [1.29, 1.82) is 0 Å². The summed E-state index contributed by atoms with van der Waals surface area (Å²) < 4.78 is 0. The Morgan fingerprint density at radius 2 is 1.67 bits per heavy atom. The normalized spacial score (nSPS) is 24.7. The van der Waals surface area contributed by atoms with Crippen LogP contribution in [0.25, 0.3) is 0 Å². The molecule has 0 saturated heterocycles. The number of aliphatic hydroxyl groups excluding tert-OH is 1. The summed E-state index contributed by atoms with van der Waals surface area (Å²) in [4.78, 5) is 0. The minimum Gasteiger partial charge on any atom is -0.393 e. The molecule has 0 aliphatic heterocycles. The zero-order valence-electron chi connectivity index (χ0n) is 5.63. The van der Waals surface area contributed by atoms with Gasteiger partial charge in [-0.1, -0.05) is 0 Å².